The number of nitrogens with one attached hydrogen (secondary N) is 1. The molecule has 0 aromatic heterocycles. The number of piperazine rings is 1. The zero-order chi connectivity index (χ0) is 12.3. The summed E-state index contributed by atoms with van der Waals surface area (Å²) in [6.07, 6.45) is 4.12. The van der Waals surface area contributed by atoms with Crippen molar-refractivity contribution >= 4 is 0 Å². The molecule has 0 radical (unpaired) electrons. The minimum Gasteiger partial charge on any atom is -0.313 e. The molecule has 2 heterocycles. The lowest BCUT2D eigenvalue weighted by molar-refractivity contribution is 0.0826. The Morgan fingerprint density at radius 3 is 2.82 bits per heavy atom. The molecule has 3 atom stereocenters. The van der Waals surface area contributed by atoms with Crippen LogP contribution in [0.3, 0.4) is 0 Å². The maximum atomic E-state index is 3.71. The molecule has 0 spiro atoms. The van der Waals surface area contributed by atoms with E-state index in [2.05, 4.69) is 36.0 Å². The van der Waals surface area contributed by atoms with Gasteiger partial charge in [-0.25, -0.2) is 0 Å². The van der Waals surface area contributed by atoms with Crippen LogP contribution in [0.2, 0.25) is 0 Å². The van der Waals surface area contributed by atoms with Crippen molar-refractivity contribution in [3.05, 3.63) is 0 Å². The molecule has 3 heteroatoms. The molecule has 1 N–H and O–H groups in total. The first kappa shape index (κ1) is 13.3. The number of rotatable bonds is 3. The van der Waals surface area contributed by atoms with E-state index in [0.29, 0.717) is 0 Å². The Kier molecular flexibility index (Phi) is 4.83. The molecule has 17 heavy (non-hydrogen) atoms. The summed E-state index contributed by atoms with van der Waals surface area (Å²) in [6, 6.07) is 1.46. The van der Waals surface area contributed by atoms with Crippen molar-refractivity contribution in [1.82, 2.24) is 15.1 Å². The Morgan fingerprint density at radius 1 is 1.29 bits per heavy atom. The highest BCUT2D eigenvalue weighted by Crippen LogP contribution is 2.20. The predicted molar refractivity (Wildman–Crippen MR) is 73.3 cm³/mol. The van der Waals surface area contributed by atoms with Crippen molar-refractivity contribution in [2.45, 2.75) is 45.2 Å². The summed E-state index contributed by atoms with van der Waals surface area (Å²) < 4.78 is 0. The van der Waals surface area contributed by atoms with Gasteiger partial charge < -0.3 is 10.2 Å². The SMILES string of the molecule is CCC1CCNC(CN2CCN(C)CC2C)C1. The lowest BCUT2D eigenvalue weighted by atomic mass is 9.90. The van der Waals surface area contributed by atoms with Gasteiger partial charge in [0.1, 0.15) is 0 Å². The molecule has 0 aliphatic carbocycles. The molecular formula is C14H29N3. The second-order valence-electron chi connectivity index (χ2n) is 6.06. The maximum absolute atomic E-state index is 3.71. The van der Waals surface area contributed by atoms with E-state index < -0.39 is 0 Å². The molecule has 0 amide bonds. The topological polar surface area (TPSA) is 18.5 Å². The van der Waals surface area contributed by atoms with Crippen LogP contribution in [0.15, 0.2) is 0 Å². The average Bonchev–Trinajstić information content (AvgIpc) is 2.33. The van der Waals surface area contributed by atoms with Gasteiger partial charge in [0, 0.05) is 38.3 Å². The molecular weight excluding hydrogens is 210 g/mol. The highest BCUT2D eigenvalue weighted by Gasteiger charge is 2.26. The molecule has 0 saturated carbocycles. The summed E-state index contributed by atoms with van der Waals surface area (Å²) in [5, 5.41) is 3.71. The van der Waals surface area contributed by atoms with Crippen LogP contribution in [0.4, 0.5) is 0 Å². The van der Waals surface area contributed by atoms with Gasteiger partial charge in [-0.1, -0.05) is 13.3 Å². The van der Waals surface area contributed by atoms with E-state index in [0.717, 1.165) is 18.0 Å². The van der Waals surface area contributed by atoms with Gasteiger partial charge in [-0.15, -0.1) is 0 Å². The fourth-order valence-corrected chi connectivity index (χ4v) is 3.34. The Bertz CT molecular complexity index is 232. The molecule has 2 saturated heterocycles. The zero-order valence-corrected chi connectivity index (χ0v) is 11.8. The van der Waals surface area contributed by atoms with Crippen LogP contribution in [-0.4, -0.2) is 61.7 Å². The smallest absolute Gasteiger partial charge is 0.0197 e. The van der Waals surface area contributed by atoms with E-state index in [1.807, 2.05) is 0 Å². The van der Waals surface area contributed by atoms with Crippen molar-refractivity contribution in [3.63, 3.8) is 0 Å². The Balaban J connectivity index is 1.79. The standard InChI is InChI=1S/C14H29N3/c1-4-13-5-6-15-14(9-13)11-17-8-7-16(3)10-12(17)2/h12-15H,4-11H2,1-3H3. The maximum Gasteiger partial charge on any atom is 0.0197 e. The average molecular weight is 239 g/mol. The quantitative estimate of drug-likeness (QED) is 0.803. The molecule has 0 aromatic carbocycles. The fraction of sp³-hybridized carbons (Fsp3) is 1.00. The van der Waals surface area contributed by atoms with Gasteiger partial charge in [-0.3, -0.25) is 4.90 Å². The first-order chi connectivity index (χ1) is 8.19. The lowest BCUT2D eigenvalue weighted by Gasteiger charge is -2.41. The molecule has 0 aromatic rings. The summed E-state index contributed by atoms with van der Waals surface area (Å²) in [7, 11) is 2.24. The first-order valence-corrected chi connectivity index (χ1v) is 7.35. The second-order valence-corrected chi connectivity index (χ2v) is 6.06. The van der Waals surface area contributed by atoms with Crippen molar-refractivity contribution in [3.8, 4) is 0 Å². The molecule has 2 fully saturated rings. The minimum absolute atomic E-state index is 0.720. The van der Waals surface area contributed by atoms with Crippen molar-refractivity contribution in [2.24, 2.45) is 5.92 Å². The van der Waals surface area contributed by atoms with E-state index in [9.17, 15) is 0 Å². The second kappa shape index (κ2) is 6.17. The number of hydrogen-bond acceptors (Lipinski definition) is 3. The minimum atomic E-state index is 0.720. The van der Waals surface area contributed by atoms with Gasteiger partial charge in [-0.2, -0.15) is 0 Å². The monoisotopic (exact) mass is 239 g/mol. The zero-order valence-electron chi connectivity index (χ0n) is 11.8. The van der Waals surface area contributed by atoms with Gasteiger partial charge in [0.2, 0.25) is 0 Å². The van der Waals surface area contributed by atoms with Crippen molar-refractivity contribution < 1.29 is 0 Å². The predicted octanol–water partition coefficient (Wildman–Crippen LogP) is 1.40. The van der Waals surface area contributed by atoms with Gasteiger partial charge >= 0.3 is 0 Å². The van der Waals surface area contributed by atoms with Crippen LogP contribution < -0.4 is 5.32 Å². The Hall–Kier alpha value is -0.120. The third-order valence-electron chi connectivity index (χ3n) is 4.60. The summed E-state index contributed by atoms with van der Waals surface area (Å²) in [6.45, 7) is 10.9. The summed E-state index contributed by atoms with van der Waals surface area (Å²) in [5.74, 6) is 0.962. The van der Waals surface area contributed by atoms with Gasteiger partial charge in [0.25, 0.3) is 0 Å². The highest BCUT2D eigenvalue weighted by molar-refractivity contribution is 4.85. The summed E-state index contributed by atoms with van der Waals surface area (Å²) in [5.41, 5.74) is 0. The summed E-state index contributed by atoms with van der Waals surface area (Å²) in [4.78, 5) is 5.13. The number of likely N-dealkylation sites (N-methyl/N-ethyl adjacent to an activating group) is 1. The van der Waals surface area contributed by atoms with Crippen LogP contribution in [0.1, 0.15) is 33.1 Å². The van der Waals surface area contributed by atoms with E-state index in [1.54, 1.807) is 0 Å². The van der Waals surface area contributed by atoms with E-state index in [4.69, 9.17) is 0 Å². The molecule has 2 aliphatic rings. The third-order valence-corrected chi connectivity index (χ3v) is 4.60. The number of hydrogen-bond donors (Lipinski definition) is 1. The number of piperidine rings is 1. The molecule has 2 rings (SSSR count). The van der Waals surface area contributed by atoms with E-state index in [-0.39, 0.29) is 0 Å². The normalized spacial score (nSPS) is 37.2. The van der Waals surface area contributed by atoms with E-state index >= 15 is 0 Å². The summed E-state index contributed by atoms with van der Waals surface area (Å²) >= 11 is 0. The van der Waals surface area contributed by atoms with Crippen LogP contribution in [-0.2, 0) is 0 Å². The van der Waals surface area contributed by atoms with Crippen LogP contribution >= 0.6 is 0 Å². The van der Waals surface area contributed by atoms with E-state index in [1.165, 1.54) is 52.0 Å². The fourth-order valence-electron chi connectivity index (χ4n) is 3.34. The van der Waals surface area contributed by atoms with Crippen LogP contribution in [0.25, 0.3) is 0 Å². The van der Waals surface area contributed by atoms with Crippen molar-refractivity contribution in [1.29, 1.82) is 0 Å². The lowest BCUT2D eigenvalue weighted by Crippen LogP contribution is -2.55. The first-order valence-electron chi connectivity index (χ1n) is 7.35. The molecule has 100 valence electrons. The Labute approximate surface area is 107 Å². The Morgan fingerprint density at radius 2 is 2.12 bits per heavy atom. The van der Waals surface area contributed by atoms with Gasteiger partial charge in [0.15, 0.2) is 0 Å². The van der Waals surface area contributed by atoms with Crippen LogP contribution in [0.5, 0.6) is 0 Å². The molecule has 3 nitrogen and oxygen atoms in total. The van der Waals surface area contributed by atoms with Crippen LogP contribution in [0, 0.1) is 5.92 Å². The number of nitrogens with zero attached hydrogens (tertiary/aromatic N) is 2. The van der Waals surface area contributed by atoms with Gasteiger partial charge in [-0.05, 0) is 39.3 Å². The molecule has 0 bridgehead atoms. The third kappa shape index (κ3) is 3.67. The van der Waals surface area contributed by atoms with Gasteiger partial charge in [0.05, 0.1) is 0 Å². The highest BCUT2D eigenvalue weighted by atomic mass is 15.3. The molecule has 3 unspecified atom stereocenters. The van der Waals surface area contributed by atoms with Crippen molar-refractivity contribution in [2.75, 3.05) is 39.8 Å². The molecule has 2 aliphatic heterocycles. The largest absolute Gasteiger partial charge is 0.313 e.